The van der Waals surface area contributed by atoms with E-state index < -0.39 is 22.5 Å². The number of carbonyl (C=O) groups excluding carboxylic acids is 2. The van der Waals surface area contributed by atoms with E-state index in [0.29, 0.717) is 28.9 Å². The summed E-state index contributed by atoms with van der Waals surface area (Å²) in [6.45, 7) is 3.04. The van der Waals surface area contributed by atoms with Crippen molar-refractivity contribution < 1.29 is 22.7 Å². The van der Waals surface area contributed by atoms with Crippen LogP contribution in [0.15, 0.2) is 76.1 Å². The standard InChI is InChI=1S/C28H30BrN3O5S/c1-20-8-10-23(11-9-20)32(38(35,36)24-12-13-26(37-2)25(29)16-24)19-27(33)30-17-21-5-3-6-22(15-21)18-31-14-4-7-28(31)34/h3,5-6,8-13,15-16H,4,7,14,17-19H2,1-2H3,(H,30,33). The van der Waals surface area contributed by atoms with Gasteiger partial charge in [-0.25, -0.2) is 8.42 Å². The van der Waals surface area contributed by atoms with Gasteiger partial charge in [-0.05, 0) is 70.7 Å². The Kier molecular flexibility index (Phi) is 8.73. The molecule has 8 nitrogen and oxygen atoms in total. The van der Waals surface area contributed by atoms with Gasteiger partial charge in [-0.1, -0.05) is 42.0 Å². The molecule has 3 aromatic rings. The maximum atomic E-state index is 13.7. The van der Waals surface area contributed by atoms with Crippen LogP contribution in [-0.4, -0.2) is 45.3 Å². The average Bonchev–Trinajstić information content (AvgIpc) is 3.30. The van der Waals surface area contributed by atoms with Gasteiger partial charge in [0, 0.05) is 26.1 Å². The molecule has 4 rings (SSSR count). The molecule has 0 atom stereocenters. The number of methoxy groups -OCH3 is 1. The molecule has 1 aliphatic rings. The van der Waals surface area contributed by atoms with Gasteiger partial charge in [0.1, 0.15) is 12.3 Å². The molecular formula is C28H30BrN3O5S. The predicted octanol–water partition coefficient (Wildman–Crippen LogP) is 4.40. The lowest BCUT2D eigenvalue weighted by Gasteiger charge is -2.24. The molecular weight excluding hydrogens is 570 g/mol. The van der Waals surface area contributed by atoms with E-state index in [2.05, 4.69) is 21.2 Å². The molecule has 0 aliphatic carbocycles. The van der Waals surface area contributed by atoms with Crippen molar-refractivity contribution in [3.8, 4) is 5.75 Å². The highest BCUT2D eigenvalue weighted by molar-refractivity contribution is 9.10. The van der Waals surface area contributed by atoms with Crippen molar-refractivity contribution in [1.82, 2.24) is 10.2 Å². The van der Waals surface area contributed by atoms with E-state index in [1.807, 2.05) is 36.1 Å². The van der Waals surface area contributed by atoms with Gasteiger partial charge in [0.25, 0.3) is 10.0 Å². The molecule has 0 spiro atoms. The Bertz CT molecular complexity index is 1430. The van der Waals surface area contributed by atoms with Crippen LogP contribution in [0.3, 0.4) is 0 Å². The maximum Gasteiger partial charge on any atom is 0.264 e. The lowest BCUT2D eigenvalue weighted by Crippen LogP contribution is -2.40. The Labute approximate surface area is 231 Å². The Balaban J connectivity index is 1.50. The minimum atomic E-state index is -4.07. The minimum Gasteiger partial charge on any atom is -0.496 e. The molecule has 3 aromatic carbocycles. The zero-order valence-corrected chi connectivity index (χ0v) is 23.7. The van der Waals surface area contributed by atoms with Crippen LogP contribution in [0.2, 0.25) is 0 Å². The SMILES string of the molecule is COc1ccc(S(=O)(=O)N(CC(=O)NCc2cccc(CN3CCCC3=O)c2)c2ccc(C)cc2)cc1Br. The van der Waals surface area contributed by atoms with Crippen LogP contribution in [0, 0.1) is 6.92 Å². The van der Waals surface area contributed by atoms with Crippen molar-refractivity contribution in [2.75, 3.05) is 24.5 Å². The molecule has 0 aromatic heterocycles. The van der Waals surface area contributed by atoms with Crippen LogP contribution in [0.5, 0.6) is 5.75 Å². The van der Waals surface area contributed by atoms with Crippen molar-refractivity contribution in [3.05, 3.63) is 87.9 Å². The van der Waals surface area contributed by atoms with E-state index in [4.69, 9.17) is 4.74 Å². The van der Waals surface area contributed by atoms with E-state index >= 15 is 0 Å². The summed E-state index contributed by atoms with van der Waals surface area (Å²) in [5.74, 6) is 0.215. The molecule has 1 N–H and O–H groups in total. The van der Waals surface area contributed by atoms with Crippen molar-refractivity contribution in [3.63, 3.8) is 0 Å². The highest BCUT2D eigenvalue weighted by Gasteiger charge is 2.28. The van der Waals surface area contributed by atoms with Gasteiger partial charge in [0.15, 0.2) is 0 Å². The van der Waals surface area contributed by atoms with Crippen LogP contribution >= 0.6 is 15.9 Å². The Morgan fingerprint density at radius 1 is 1.08 bits per heavy atom. The van der Waals surface area contributed by atoms with Crippen LogP contribution in [0.25, 0.3) is 0 Å². The first-order chi connectivity index (χ1) is 18.2. The van der Waals surface area contributed by atoms with Crippen LogP contribution < -0.4 is 14.4 Å². The van der Waals surface area contributed by atoms with Crippen molar-refractivity contribution in [2.45, 2.75) is 37.8 Å². The number of likely N-dealkylation sites (tertiary alicyclic amines) is 1. The number of anilines is 1. The monoisotopic (exact) mass is 599 g/mol. The Morgan fingerprint density at radius 2 is 1.82 bits per heavy atom. The molecule has 200 valence electrons. The summed E-state index contributed by atoms with van der Waals surface area (Å²) >= 11 is 3.34. The number of rotatable bonds is 10. The van der Waals surface area contributed by atoms with Gasteiger partial charge in [-0.2, -0.15) is 0 Å². The summed E-state index contributed by atoms with van der Waals surface area (Å²) in [5.41, 5.74) is 3.21. The van der Waals surface area contributed by atoms with Gasteiger partial charge in [0.2, 0.25) is 11.8 Å². The fourth-order valence-electron chi connectivity index (χ4n) is 4.28. The molecule has 10 heteroatoms. The number of nitrogens with one attached hydrogen (secondary N) is 1. The topological polar surface area (TPSA) is 96.0 Å². The van der Waals surface area contributed by atoms with E-state index in [0.717, 1.165) is 34.0 Å². The third-order valence-electron chi connectivity index (χ3n) is 6.35. The third kappa shape index (κ3) is 6.54. The number of benzene rings is 3. The Morgan fingerprint density at radius 3 is 2.47 bits per heavy atom. The van der Waals surface area contributed by atoms with Gasteiger partial charge >= 0.3 is 0 Å². The second-order valence-electron chi connectivity index (χ2n) is 9.16. The van der Waals surface area contributed by atoms with Gasteiger partial charge < -0.3 is 15.0 Å². The molecule has 38 heavy (non-hydrogen) atoms. The van der Waals surface area contributed by atoms with Crippen molar-refractivity contribution >= 4 is 43.5 Å². The molecule has 0 radical (unpaired) electrons. The molecule has 1 fully saturated rings. The van der Waals surface area contributed by atoms with Crippen molar-refractivity contribution in [2.24, 2.45) is 0 Å². The van der Waals surface area contributed by atoms with E-state index in [1.54, 1.807) is 30.3 Å². The Hall–Kier alpha value is -3.37. The predicted molar refractivity (Wildman–Crippen MR) is 149 cm³/mol. The summed E-state index contributed by atoms with van der Waals surface area (Å²) in [5, 5.41) is 2.84. The fourth-order valence-corrected chi connectivity index (χ4v) is 6.42. The maximum absolute atomic E-state index is 13.7. The largest absolute Gasteiger partial charge is 0.496 e. The molecule has 1 aliphatic heterocycles. The van der Waals surface area contributed by atoms with Crippen molar-refractivity contribution in [1.29, 1.82) is 0 Å². The molecule has 2 amide bonds. The number of aryl methyl sites for hydroxylation is 1. The summed E-state index contributed by atoms with van der Waals surface area (Å²) in [6, 6.07) is 19.1. The summed E-state index contributed by atoms with van der Waals surface area (Å²) in [7, 11) is -2.57. The quantitative estimate of drug-likeness (QED) is 0.372. The number of sulfonamides is 1. The van der Waals surface area contributed by atoms with E-state index in [-0.39, 0.29) is 17.3 Å². The van der Waals surface area contributed by atoms with Crippen LogP contribution in [-0.2, 0) is 32.7 Å². The van der Waals surface area contributed by atoms with Crippen LogP contribution in [0.4, 0.5) is 5.69 Å². The number of hydrogen-bond donors (Lipinski definition) is 1. The van der Waals surface area contributed by atoms with Gasteiger partial charge in [0.05, 0.1) is 22.2 Å². The highest BCUT2D eigenvalue weighted by Crippen LogP contribution is 2.30. The van der Waals surface area contributed by atoms with Gasteiger partial charge in [-0.15, -0.1) is 0 Å². The molecule has 1 heterocycles. The zero-order chi connectivity index (χ0) is 27.3. The second-order valence-corrected chi connectivity index (χ2v) is 11.9. The summed E-state index contributed by atoms with van der Waals surface area (Å²) in [6.07, 6.45) is 1.46. The zero-order valence-electron chi connectivity index (χ0n) is 21.3. The number of halogens is 1. The smallest absolute Gasteiger partial charge is 0.264 e. The normalized spacial score (nSPS) is 13.4. The number of amides is 2. The molecule has 0 bridgehead atoms. The van der Waals surface area contributed by atoms with Crippen LogP contribution in [0.1, 0.15) is 29.5 Å². The fraction of sp³-hybridized carbons (Fsp3) is 0.286. The lowest BCUT2D eigenvalue weighted by molar-refractivity contribution is -0.128. The molecule has 1 saturated heterocycles. The van der Waals surface area contributed by atoms with Gasteiger partial charge in [-0.3, -0.25) is 13.9 Å². The number of nitrogens with zero attached hydrogens (tertiary/aromatic N) is 2. The second kappa shape index (κ2) is 12.0. The first-order valence-electron chi connectivity index (χ1n) is 12.2. The van der Waals surface area contributed by atoms with E-state index in [9.17, 15) is 18.0 Å². The first-order valence-corrected chi connectivity index (χ1v) is 14.5. The highest BCUT2D eigenvalue weighted by atomic mass is 79.9. The summed E-state index contributed by atoms with van der Waals surface area (Å²) in [4.78, 5) is 26.8. The number of hydrogen-bond acceptors (Lipinski definition) is 5. The minimum absolute atomic E-state index is 0.0303. The summed E-state index contributed by atoms with van der Waals surface area (Å²) < 4.78 is 34.1. The van der Waals surface area contributed by atoms with E-state index in [1.165, 1.54) is 19.2 Å². The number of carbonyl (C=O) groups is 2. The molecule has 0 saturated carbocycles. The average molecular weight is 601 g/mol. The lowest BCUT2D eigenvalue weighted by atomic mass is 10.1. The molecule has 0 unspecified atom stereocenters. The third-order valence-corrected chi connectivity index (χ3v) is 8.74. The number of ether oxygens (including phenoxy) is 1. The first kappa shape index (κ1) is 27.7.